The smallest absolute Gasteiger partial charge is 0.132 e. The van der Waals surface area contributed by atoms with Crippen molar-refractivity contribution in [3.05, 3.63) is 30.3 Å². The molecule has 1 fully saturated rings. The molecule has 1 aliphatic rings. The lowest BCUT2D eigenvalue weighted by Gasteiger charge is -2.43. The lowest BCUT2D eigenvalue weighted by molar-refractivity contribution is -0.00000299. The van der Waals surface area contributed by atoms with Crippen molar-refractivity contribution in [2.24, 2.45) is 0 Å². The van der Waals surface area contributed by atoms with Crippen molar-refractivity contribution in [1.29, 1.82) is 0 Å². The standard InChI is InChI=1S/C12H19N2.ClH/c1-11-10-13-8-9-14(11,2)12-6-4-3-5-7-12;/h3-7,11,13H,8-10H2,1-2H3;1H/q+1;/p-1. The molecule has 2 unspecified atom stereocenters. The average molecular weight is 227 g/mol. The van der Waals surface area contributed by atoms with Gasteiger partial charge in [0, 0.05) is 13.1 Å². The van der Waals surface area contributed by atoms with Crippen molar-refractivity contribution in [3.8, 4) is 0 Å². The van der Waals surface area contributed by atoms with Gasteiger partial charge in [-0.2, -0.15) is 0 Å². The third kappa shape index (κ3) is 2.33. The molecule has 0 aliphatic carbocycles. The minimum atomic E-state index is 0. The Hall–Kier alpha value is -0.570. The molecule has 1 saturated heterocycles. The average Bonchev–Trinajstić information content (AvgIpc) is 2.24. The minimum absolute atomic E-state index is 0. The second kappa shape index (κ2) is 4.97. The summed E-state index contributed by atoms with van der Waals surface area (Å²) in [5.41, 5.74) is 1.43. The SMILES string of the molecule is CC1CNCC[N+]1(C)c1ccccc1.[Cl-]. The van der Waals surface area contributed by atoms with Crippen LogP contribution >= 0.6 is 0 Å². The summed E-state index contributed by atoms with van der Waals surface area (Å²) >= 11 is 0. The topological polar surface area (TPSA) is 12.0 Å². The zero-order valence-electron chi connectivity index (χ0n) is 9.41. The van der Waals surface area contributed by atoms with Crippen LogP contribution in [0, 0.1) is 0 Å². The normalized spacial score (nSPS) is 30.7. The van der Waals surface area contributed by atoms with Crippen molar-refractivity contribution in [1.82, 2.24) is 9.80 Å². The van der Waals surface area contributed by atoms with Crippen molar-refractivity contribution in [2.75, 3.05) is 26.7 Å². The van der Waals surface area contributed by atoms with E-state index in [0.717, 1.165) is 17.6 Å². The number of piperazine rings is 1. The number of halogens is 1. The first-order valence-corrected chi connectivity index (χ1v) is 5.35. The van der Waals surface area contributed by atoms with Crippen LogP contribution in [0.2, 0.25) is 0 Å². The zero-order chi connectivity index (χ0) is 10.0. The summed E-state index contributed by atoms with van der Waals surface area (Å²) in [6, 6.07) is 11.5. The van der Waals surface area contributed by atoms with E-state index in [1.54, 1.807) is 0 Å². The van der Waals surface area contributed by atoms with Gasteiger partial charge in [-0.1, -0.05) is 18.2 Å². The summed E-state index contributed by atoms with van der Waals surface area (Å²) in [4.78, 5) is 0. The van der Waals surface area contributed by atoms with Crippen LogP contribution in [0.15, 0.2) is 30.3 Å². The molecule has 1 aliphatic heterocycles. The van der Waals surface area contributed by atoms with E-state index in [-0.39, 0.29) is 12.4 Å². The zero-order valence-corrected chi connectivity index (χ0v) is 10.2. The molecule has 2 rings (SSSR count). The lowest BCUT2D eigenvalue weighted by atomic mass is 10.1. The summed E-state index contributed by atoms with van der Waals surface area (Å²) < 4.78 is 1.06. The Balaban J connectivity index is 0.00000112. The molecule has 3 heteroatoms. The molecule has 2 nitrogen and oxygen atoms in total. The molecule has 0 amide bonds. The third-order valence-corrected chi connectivity index (χ3v) is 3.51. The molecule has 2 atom stereocenters. The number of hydrogen-bond donors (Lipinski definition) is 1. The van der Waals surface area contributed by atoms with Gasteiger partial charge < -0.3 is 17.7 Å². The van der Waals surface area contributed by atoms with Crippen LogP contribution in [0.4, 0.5) is 5.69 Å². The first-order chi connectivity index (χ1) is 6.73. The van der Waals surface area contributed by atoms with Gasteiger partial charge in [0.1, 0.15) is 11.7 Å². The van der Waals surface area contributed by atoms with Gasteiger partial charge in [0.05, 0.1) is 13.6 Å². The maximum absolute atomic E-state index is 3.44. The summed E-state index contributed by atoms with van der Waals surface area (Å²) in [5, 5.41) is 3.44. The number of nitrogens with zero attached hydrogens (tertiary/aromatic N) is 1. The largest absolute Gasteiger partial charge is 1.00 e. The number of benzene rings is 1. The Morgan fingerprint density at radius 2 is 1.93 bits per heavy atom. The van der Waals surface area contributed by atoms with Crippen molar-refractivity contribution < 1.29 is 12.4 Å². The van der Waals surface area contributed by atoms with Crippen LogP contribution in [-0.4, -0.2) is 32.7 Å². The molecule has 0 radical (unpaired) electrons. The van der Waals surface area contributed by atoms with Gasteiger partial charge in [0.15, 0.2) is 0 Å². The number of hydrogen-bond acceptors (Lipinski definition) is 1. The monoisotopic (exact) mass is 226 g/mol. The van der Waals surface area contributed by atoms with E-state index in [1.165, 1.54) is 12.2 Å². The molecule has 0 saturated carbocycles. The quantitative estimate of drug-likeness (QED) is 0.583. The summed E-state index contributed by atoms with van der Waals surface area (Å²) in [7, 11) is 2.33. The van der Waals surface area contributed by atoms with Gasteiger partial charge in [-0.15, -0.1) is 0 Å². The minimum Gasteiger partial charge on any atom is -1.00 e. The molecule has 0 aromatic heterocycles. The fraction of sp³-hybridized carbons (Fsp3) is 0.500. The molecule has 0 bridgehead atoms. The van der Waals surface area contributed by atoms with E-state index < -0.39 is 0 Å². The van der Waals surface area contributed by atoms with Crippen LogP contribution < -0.4 is 22.2 Å². The van der Waals surface area contributed by atoms with Crippen molar-refractivity contribution in [2.45, 2.75) is 13.0 Å². The Kier molecular flexibility index (Phi) is 4.14. The van der Waals surface area contributed by atoms with Crippen molar-refractivity contribution >= 4 is 5.69 Å². The van der Waals surface area contributed by atoms with E-state index in [0.29, 0.717) is 6.04 Å². The number of quaternary nitrogens is 1. The predicted molar refractivity (Wildman–Crippen MR) is 61.4 cm³/mol. The van der Waals surface area contributed by atoms with Gasteiger partial charge in [-0.25, -0.2) is 0 Å². The molecule has 1 aromatic carbocycles. The fourth-order valence-corrected chi connectivity index (χ4v) is 2.20. The molecule has 15 heavy (non-hydrogen) atoms. The predicted octanol–water partition coefficient (Wildman–Crippen LogP) is -1.38. The van der Waals surface area contributed by atoms with Gasteiger partial charge in [0.2, 0.25) is 0 Å². The maximum Gasteiger partial charge on any atom is 0.132 e. The van der Waals surface area contributed by atoms with Crippen LogP contribution in [0.5, 0.6) is 0 Å². The molecule has 1 aromatic rings. The molecule has 1 N–H and O–H groups in total. The highest BCUT2D eigenvalue weighted by Gasteiger charge is 2.33. The first kappa shape index (κ1) is 12.5. The number of para-hydroxylation sites is 1. The Bertz CT molecular complexity index is 302. The Morgan fingerprint density at radius 1 is 1.27 bits per heavy atom. The van der Waals surface area contributed by atoms with Gasteiger partial charge in [-0.05, 0) is 19.1 Å². The second-order valence-corrected chi connectivity index (χ2v) is 4.38. The van der Waals surface area contributed by atoms with Gasteiger partial charge in [-0.3, -0.25) is 4.48 Å². The van der Waals surface area contributed by atoms with Crippen LogP contribution in [0.3, 0.4) is 0 Å². The van der Waals surface area contributed by atoms with Gasteiger partial charge in [0.25, 0.3) is 0 Å². The summed E-state index contributed by atoms with van der Waals surface area (Å²) in [6.45, 7) is 5.74. The van der Waals surface area contributed by atoms with Gasteiger partial charge >= 0.3 is 0 Å². The molecule has 0 spiro atoms. The number of likely N-dealkylation sites (N-methyl/N-ethyl adjacent to an activating group) is 1. The molecule has 84 valence electrons. The van der Waals surface area contributed by atoms with E-state index in [1.807, 2.05) is 0 Å². The van der Waals surface area contributed by atoms with E-state index in [4.69, 9.17) is 0 Å². The third-order valence-electron chi connectivity index (χ3n) is 3.51. The Morgan fingerprint density at radius 3 is 2.53 bits per heavy atom. The first-order valence-electron chi connectivity index (χ1n) is 5.35. The second-order valence-electron chi connectivity index (χ2n) is 4.38. The van der Waals surface area contributed by atoms with E-state index >= 15 is 0 Å². The highest BCUT2D eigenvalue weighted by molar-refractivity contribution is 5.43. The number of nitrogens with one attached hydrogen (secondary N) is 1. The Labute approximate surface area is 98.3 Å². The number of rotatable bonds is 1. The molecule has 1 heterocycles. The van der Waals surface area contributed by atoms with Crippen LogP contribution in [-0.2, 0) is 0 Å². The highest BCUT2D eigenvalue weighted by Crippen LogP contribution is 2.24. The highest BCUT2D eigenvalue weighted by atomic mass is 35.5. The van der Waals surface area contributed by atoms with E-state index in [9.17, 15) is 0 Å². The van der Waals surface area contributed by atoms with E-state index in [2.05, 4.69) is 49.6 Å². The lowest BCUT2D eigenvalue weighted by Crippen LogP contribution is -3.00. The van der Waals surface area contributed by atoms with Crippen LogP contribution in [0.1, 0.15) is 6.92 Å². The summed E-state index contributed by atoms with van der Waals surface area (Å²) in [5.74, 6) is 0. The molecular weight excluding hydrogens is 208 g/mol. The fourth-order valence-electron chi connectivity index (χ4n) is 2.20. The van der Waals surface area contributed by atoms with Crippen molar-refractivity contribution in [3.63, 3.8) is 0 Å². The maximum atomic E-state index is 3.44. The summed E-state index contributed by atoms with van der Waals surface area (Å²) in [6.07, 6.45) is 0. The molecular formula is C12H19ClN2. The van der Waals surface area contributed by atoms with Crippen LogP contribution in [0.25, 0.3) is 0 Å².